The SMILES string of the molecule is ClCOCCCCBr. The number of unbranched alkanes of at least 4 members (excludes halogenated alkanes) is 1. The summed E-state index contributed by atoms with van der Waals surface area (Å²) in [6, 6.07) is 0.322. The molecule has 0 radical (unpaired) electrons. The lowest BCUT2D eigenvalue weighted by molar-refractivity contribution is 0.175. The number of rotatable bonds is 5. The van der Waals surface area contributed by atoms with E-state index in [0.717, 1.165) is 24.8 Å². The summed E-state index contributed by atoms with van der Waals surface area (Å²) in [6.07, 6.45) is 2.26. The van der Waals surface area contributed by atoms with Gasteiger partial charge in [-0.25, -0.2) is 0 Å². The fourth-order valence-electron chi connectivity index (χ4n) is 0.353. The molecule has 8 heavy (non-hydrogen) atoms. The Bertz CT molecular complexity index is 37.4. The van der Waals surface area contributed by atoms with Crippen molar-refractivity contribution >= 4 is 27.5 Å². The molecule has 0 heterocycles. The summed E-state index contributed by atoms with van der Waals surface area (Å²) >= 11 is 8.56. The van der Waals surface area contributed by atoms with Crippen LogP contribution in [0.3, 0.4) is 0 Å². The topological polar surface area (TPSA) is 9.23 Å². The summed E-state index contributed by atoms with van der Waals surface area (Å²) in [4.78, 5) is 0. The van der Waals surface area contributed by atoms with Crippen molar-refractivity contribution in [1.29, 1.82) is 0 Å². The molecule has 0 aliphatic rings. The quantitative estimate of drug-likeness (QED) is 0.490. The highest BCUT2D eigenvalue weighted by molar-refractivity contribution is 9.09. The zero-order valence-corrected chi connectivity index (χ0v) is 7.04. The van der Waals surface area contributed by atoms with Crippen LogP contribution in [0.15, 0.2) is 0 Å². The number of hydrogen-bond acceptors (Lipinski definition) is 1. The maximum Gasteiger partial charge on any atom is 0.120 e. The van der Waals surface area contributed by atoms with Crippen molar-refractivity contribution in [1.82, 2.24) is 0 Å². The highest BCUT2D eigenvalue weighted by Gasteiger charge is 1.83. The monoisotopic (exact) mass is 200 g/mol. The van der Waals surface area contributed by atoms with E-state index in [1.54, 1.807) is 0 Å². The minimum atomic E-state index is 0.322. The molecule has 0 saturated heterocycles. The molecule has 0 amide bonds. The molecule has 0 aliphatic carbocycles. The summed E-state index contributed by atoms with van der Waals surface area (Å²) in [6.45, 7) is 0.787. The second-order valence-corrected chi connectivity index (χ2v) is 2.42. The standard InChI is InChI=1S/C5H10BrClO/c6-3-1-2-4-8-5-7/h1-5H2. The van der Waals surface area contributed by atoms with Gasteiger partial charge in [0.1, 0.15) is 6.07 Å². The number of halogens is 2. The van der Waals surface area contributed by atoms with E-state index in [1.807, 2.05) is 0 Å². The molecule has 0 N–H and O–H groups in total. The molecule has 0 unspecified atom stereocenters. The van der Waals surface area contributed by atoms with Crippen LogP contribution >= 0.6 is 27.5 Å². The molecule has 0 aromatic rings. The van der Waals surface area contributed by atoms with Gasteiger partial charge >= 0.3 is 0 Å². The van der Waals surface area contributed by atoms with E-state index in [9.17, 15) is 0 Å². The Hall–Kier alpha value is 0.730. The second kappa shape index (κ2) is 7.73. The van der Waals surface area contributed by atoms with Gasteiger partial charge < -0.3 is 4.74 Å². The summed E-state index contributed by atoms with van der Waals surface area (Å²) in [5.41, 5.74) is 0. The van der Waals surface area contributed by atoms with Crippen LogP contribution in [0.25, 0.3) is 0 Å². The highest BCUT2D eigenvalue weighted by Crippen LogP contribution is 1.94. The third-order valence-corrected chi connectivity index (χ3v) is 1.46. The molecule has 0 spiro atoms. The predicted octanol–water partition coefficient (Wildman–Crippen LogP) is 2.37. The highest BCUT2D eigenvalue weighted by atomic mass is 79.9. The third kappa shape index (κ3) is 6.73. The first-order valence-corrected chi connectivity index (χ1v) is 4.27. The first-order chi connectivity index (χ1) is 3.91. The van der Waals surface area contributed by atoms with Gasteiger partial charge in [0.15, 0.2) is 0 Å². The lowest BCUT2D eigenvalue weighted by Crippen LogP contribution is -1.91. The van der Waals surface area contributed by atoms with Crippen molar-refractivity contribution in [2.45, 2.75) is 12.8 Å². The van der Waals surface area contributed by atoms with Crippen LogP contribution in [0.2, 0.25) is 0 Å². The number of ether oxygens (including phenoxy) is 1. The number of alkyl halides is 2. The minimum Gasteiger partial charge on any atom is -0.366 e. The number of hydrogen-bond donors (Lipinski definition) is 0. The van der Waals surface area contributed by atoms with Gasteiger partial charge in [0.25, 0.3) is 0 Å². The molecule has 0 bridgehead atoms. The van der Waals surface area contributed by atoms with E-state index in [2.05, 4.69) is 15.9 Å². The molecular weight excluding hydrogens is 191 g/mol. The van der Waals surface area contributed by atoms with Crippen molar-refractivity contribution in [2.24, 2.45) is 0 Å². The average molecular weight is 201 g/mol. The molecule has 0 aliphatic heterocycles. The van der Waals surface area contributed by atoms with Crippen LogP contribution in [0, 0.1) is 0 Å². The normalized spacial score (nSPS) is 9.75. The summed E-state index contributed by atoms with van der Waals surface area (Å²) in [5, 5.41) is 1.05. The maximum absolute atomic E-state index is 5.25. The average Bonchev–Trinajstić information content (AvgIpc) is 1.81. The van der Waals surface area contributed by atoms with Gasteiger partial charge in [-0.3, -0.25) is 0 Å². The predicted molar refractivity (Wildman–Crippen MR) is 39.7 cm³/mol. The molecule has 50 valence electrons. The molecule has 0 aromatic carbocycles. The minimum absolute atomic E-state index is 0.322. The molecular formula is C5H10BrClO. The Morgan fingerprint density at radius 3 is 2.62 bits per heavy atom. The van der Waals surface area contributed by atoms with E-state index in [0.29, 0.717) is 6.07 Å². The zero-order chi connectivity index (χ0) is 6.24. The smallest absolute Gasteiger partial charge is 0.120 e. The Labute approximate surface area is 63.5 Å². The van der Waals surface area contributed by atoms with Crippen molar-refractivity contribution in [3.63, 3.8) is 0 Å². The van der Waals surface area contributed by atoms with Gasteiger partial charge in [-0.1, -0.05) is 27.5 Å². The Morgan fingerprint density at radius 1 is 1.38 bits per heavy atom. The van der Waals surface area contributed by atoms with Gasteiger partial charge in [0, 0.05) is 11.9 Å². The zero-order valence-electron chi connectivity index (χ0n) is 4.70. The van der Waals surface area contributed by atoms with Gasteiger partial charge in [0.2, 0.25) is 0 Å². The van der Waals surface area contributed by atoms with E-state index in [4.69, 9.17) is 16.3 Å². The van der Waals surface area contributed by atoms with Crippen LogP contribution in [-0.4, -0.2) is 18.0 Å². The Morgan fingerprint density at radius 2 is 2.12 bits per heavy atom. The molecule has 3 heteroatoms. The maximum atomic E-state index is 5.25. The molecule has 1 nitrogen and oxygen atoms in total. The van der Waals surface area contributed by atoms with Crippen LogP contribution in [0.4, 0.5) is 0 Å². The third-order valence-electron chi connectivity index (χ3n) is 0.749. The molecule has 0 rings (SSSR count). The first-order valence-electron chi connectivity index (χ1n) is 2.61. The summed E-state index contributed by atoms with van der Waals surface area (Å²) in [7, 11) is 0. The lowest BCUT2D eigenvalue weighted by atomic mass is 10.4. The summed E-state index contributed by atoms with van der Waals surface area (Å²) < 4.78 is 4.88. The van der Waals surface area contributed by atoms with Crippen LogP contribution < -0.4 is 0 Å². The van der Waals surface area contributed by atoms with Crippen molar-refractivity contribution in [3.8, 4) is 0 Å². The van der Waals surface area contributed by atoms with E-state index < -0.39 is 0 Å². The Balaban J connectivity index is 2.53. The fourth-order valence-corrected chi connectivity index (χ4v) is 0.859. The first kappa shape index (κ1) is 8.73. The molecule has 0 aromatic heterocycles. The lowest BCUT2D eigenvalue weighted by Gasteiger charge is -1.95. The van der Waals surface area contributed by atoms with Gasteiger partial charge in [0.05, 0.1) is 0 Å². The van der Waals surface area contributed by atoms with E-state index in [-0.39, 0.29) is 0 Å². The molecule has 0 saturated carbocycles. The second-order valence-electron chi connectivity index (χ2n) is 1.41. The van der Waals surface area contributed by atoms with Gasteiger partial charge in [-0.2, -0.15) is 0 Å². The largest absolute Gasteiger partial charge is 0.366 e. The van der Waals surface area contributed by atoms with Crippen molar-refractivity contribution in [3.05, 3.63) is 0 Å². The fraction of sp³-hybridized carbons (Fsp3) is 1.00. The van der Waals surface area contributed by atoms with E-state index >= 15 is 0 Å². The van der Waals surface area contributed by atoms with Gasteiger partial charge in [-0.05, 0) is 12.8 Å². The molecule has 0 fully saturated rings. The van der Waals surface area contributed by atoms with Gasteiger partial charge in [-0.15, -0.1) is 0 Å². The van der Waals surface area contributed by atoms with Crippen LogP contribution in [0.1, 0.15) is 12.8 Å². The van der Waals surface area contributed by atoms with Crippen LogP contribution in [-0.2, 0) is 4.74 Å². The van der Waals surface area contributed by atoms with Crippen molar-refractivity contribution < 1.29 is 4.74 Å². The van der Waals surface area contributed by atoms with Crippen molar-refractivity contribution in [2.75, 3.05) is 18.0 Å². The van der Waals surface area contributed by atoms with Crippen LogP contribution in [0.5, 0.6) is 0 Å². The van der Waals surface area contributed by atoms with E-state index in [1.165, 1.54) is 0 Å². The summed E-state index contributed by atoms with van der Waals surface area (Å²) in [5.74, 6) is 0. The Kier molecular flexibility index (Phi) is 8.44. The molecule has 0 atom stereocenters.